The Kier molecular flexibility index (Phi) is 9.32. The number of aliphatic imine (C=N–C) groups is 1. The van der Waals surface area contributed by atoms with Gasteiger partial charge in [0.2, 0.25) is 10.0 Å². The van der Waals surface area contributed by atoms with E-state index < -0.39 is 10.0 Å². The average Bonchev–Trinajstić information content (AvgIpc) is 2.57. The molecule has 0 atom stereocenters. The van der Waals surface area contributed by atoms with Gasteiger partial charge in [-0.25, -0.2) is 12.7 Å². The first-order valence-electron chi connectivity index (χ1n) is 8.72. The summed E-state index contributed by atoms with van der Waals surface area (Å²) in [5.41, 5.74) is 2.56. The van der Waals surface area contributed by atoms with Crippen LogP contribution in [0.3, 0.4) is 0 Å². The molecular weight excluding hydrogens is 463 g/mol. The van der Waals surface area contributed by atoms with E-state index in [1.165, 1.54) is 17.4 Å². The van der Waals surface area contributed by atoms with Crippen molar-refractivity contribution in [3.8, 4) is 0 Å². The minimum absolute atomic E-state index is 0. The molecule has 2 rings (SSSR count). The van der Waals surface area contributed by atoms with E-state index in [0.717, 1.165) is 31.9 Å². The molecule has 0 spiro atoms. The average molecular weight is 494 g/mol. The van der Waals surface area contributed by atoms with Crippen LogP contribution in [-0.2, 0) is 16.6 Å². The first-order valence-corrected chi connectivity index (χ1v) is 10.6. The molecular formula is C18H31IN4O2S. The second-order valence-electron chi connectivity index (χ2n) is 6.82. The Morgan fingerprint density at radius 2 is 1.92 bits per heavy atom. The van der Waals surface area contributed by atoms with Crippen molar-refractivity contribution in [2.45, 2.75) is 26.3 Å². The Bertz CT molecular complexity index is 701. The lowest BCUT2D eigenvalue weighted by molar-refractivity contribution is 0.273. The third-order valence-corrected chi connectivity index (χ3v) is 6.14. The Morgan fingerprint density at radius 3 is 2.46 bits per heavy atom. The van der Waals surface area contributed by atoms with E-state index in [1.54, 1.807) is 11.4 Å². The second kappa shape index (κ2) is 10.5. The molecule has 1 aliphatic heterocycles. The Labute approximate surface area is 175 Å². The van der Waals surface area contributed by atoms with E-state index >= 15 is 0 Å². The van der Waals surface area contributed by atoms with Crippen LogP contribution in [0.5, 0.6) is 0 Å². The van der Waals surface area contributed by atoms with Gasteiger partial charge in [-0.3, -0.25) is 4.99 Å². The fraction of sp³-hybridized carbons (Fsp3) is 0.611. The van der Waals surface area contributed by atoms with Gasteiger partial charge in [0, 0.05) is 40.3 Å². The minimum atomic E-state index is -3.06. The van der Waals surface area contributed by atoms with Gasteiger partial charge in [0.15, 0.2) is 5.96 Å². The van der Waals surface area contributed by atoms with Crippen LogP contribution in [0.4, 0.5) is 0 Å². The molecule has 1 heterocycles. The maximum absolute atomic E-state index is 11.6. The summed E-state index contributed by atoms with van der Waals surface area (Å²) in [6.45, 7) is 4.97. The van der Waals surface area contributed by atoms with Crippen molar-refractivity contribution in [2.75, 3.05) is 40.0 Å². The fourth-order valence-corrected chi connectivity index (χ4v) is 4.06. The third kappa shape index (κ3) is 6.70. The summed E-state index contributed by atoms with van der Waals surface area (Å²) in [7, 11) is 0.774. The predicted octanol–water partition coefficient (Wildman–Crippen LogP) is 2.29. The molecule has 1 aromatic rings. The molecule has 0 aliphatic carbocycles. The third-order valence-electron chi connectivity index (χ3n) is 4.83. The van der Waals surface area contributed by atoms with Gasteiger partial charge >= 0.3 is 0 Å². The van der Waals surface area contributed by atoms with Crippen LogP contribution < -0.4 is 5.32 Å². The zero-order valence-corrected chi connectivity index (χ0v) is 19.3. The van der Waals surface area contributed by atoms with E-state index in [2.05, 4.69) is 46.4 Å². The largest absolute Gasteiger partial charge is 0.356 e. The molecule has 1 aliphatic rings. The first-order chi connectivity index (χ1) is 11.8. The van der Waals surface area contributed by atoms with Crippen molar-refractivity contribution in [1.29, 1.82) is 0 Å². The fourth-order valence-electron chi connectivity index (χ4n) is 3.18. The van der Waals surface area contributed by atoms with E-state index in [0.29, 0.717) is 19.0 Å². The number of nitrogens with one attached hydrogen (secondary N) is 1. The molecule has 6 nitrogen and oxygen atoms in total. The number of rotatable bonds is 5. The lowest BCUT2D eigenvalue weighted by Gasteiger charge is -2.31. The number of piperidine rings is 1. The predicted molar refractivity (Wildman–Crippen MR) is 119 cm³/mol. The van der Waals surface area contributed by atoms with Crippen molar-refractivity contribution >= 4 is 40.0 Å². The molecule has 0 saturated carbocycles. The van der Waals surface area contributed by atoms with Crippen molar-refractivity contribution in [2.24, 2.45) is 10.9 Å². The molecule has 26 heavy (non-hydrogen) atoms. The highest BCUT2D eigenvalue weighted by molar-refractivity contribution is 14.0. The Balaban J connectivity index is 0.00000338. The van der Waals surface area contributed by atoms with E-state index in [9.17, 15) is 8.42 Å². The summed E-state index contributed by atoms with van der Waals surface area (Å²) in [4.78, 5) is 6.50. The molecule has 148 valence electrons. The van der Waals surface area contributed by atoms with Crippen molar-refractivity contribution in [1.82, 2.24) is 14.5 Å². The van der Waals surface area contributed by atoms with Crippen LogP contribution in [0.15, 0.2) is 29.3 Å². The molecule has 1 N–H and O–H groups in total. The first kappa shape index (κ1) is 23.2. The Morgan fingerprint density at radius 1 is 1.31 bits per heavy atom. The number of aryl methyl sites for hydroxylation is 1. The van der Waals surface area contributed by atoms with Crippen LogP contribution >= 0.6 is 24.0 Å². The highest BCUT2D eigenvalue weighted by Crippen LogP contribution is 2.18. The summed E-state index contributed by atoms with van der Waals surface area (Å²) >= 11 is 0. The summed E-state index contributed by atoms with van der Waals surface area (Å²) in [6.07, 6.45) is 3.06. The molecule has 0 radical (unpaired) electrons. The smallest absolute Gasteiger partial charge is 0.211 e. The highest BCUT2D eigenvalue weighted by atomic mass is 127. The van der Waals surface area contributed by atoms with Gasteiger partial charge in [0.25, 0.3) is 0 Å². The molecule has 0 unspecified atom stereocenters. The number of halogens is 1. The van der Waals surface area contributed by atoms with Crippen LogP contribution in [0, 0.1) is 12.8 Å². The second-order valence-corrected chi connectivity index (χ2v) is 8.80. The summed E-state index contributed by atoms with van der Waals surface area (Å²) in [5.74, 6) is 1.34. The summed E-state index contributed by atoms with van der Waals surface area (Å²) in [5, 5.41) is 3.44. The van der Waals surface area contributed by atoms with Crippen molar-refractivity contribution < 1.29 is 8.42 Å². The van der Waals surface area contributed by atoms with E-state index in [-0.39, 0.29) is 24.0 Å². The molecule has 1 fully saturated rings. The maximum atomic E-state index is 11.6. The lowest BCUT2D eigenvalue weighted by atomic mass is 9.98. The van der Waals surface area contributed by atoms with Crippen LogP contribution in [0.2, 0.25) is 0 Å². The van der Waals surface area contributed by atoms with E-state index in [1.807, 2.05) is 7.05 Å². The summed E-state index contributed by atoms with van der Waals surface area (Å²) < 4.78 is 24.7. The van der Waals surface area contributed by atoms with Gasteiger partial charge < -0.3 is 10.2 Å². The number of hydrogen-bond donors (Lipinski definition) is 1. The molecule has 0 bridgehead atoms. The lowest BCUT2D eigenvalue weighted by Crippen LogP contribution is -2.44. The van der Waals surface area contributed by atoms with Crippen molar-refractivity contribution in [3.05, 3.63) is 35.4 Å². The van der Waals surface area contributed by atoms with Crippen LogP contribution in [0.1, 0.15) is 24.0 Å². The minimum Gasteiger partial charge on any atom is -0.356 e. The Hall–Kier alpha value is -0.870. The van der Waals surface area contributed by atoms with Gasteiger partial charge in [-0.1, -0.05) is 24.3 Å². The zero-order valence-electron chi connectivity index (χ0n) is 16.1. The monoisotopic (exact) mass is 494 g/mol. The number of guanidine groups is 1. The topological polar surface area (TPSA) is 65.0 Å². The van der Waals surface area contributed by atoms with Gasteiger partial charge in [-0.2, -0.15) is 0 Å². The van der Waals surface area contributed by atoms with Crippen LogP contribution in [-0.4, -0.2) is 63.6 Å². The summed E-state index contributed by atoms with van der Waals surface area (Å²) in [6, 6.07) is 8.37. The molecule has 1 aromatic carbocycles. The normalized spacial score (nSPS) is 16.8. The van der Waals surface area contributed by atoms with Gasteiger partial charge in [-0.15, -0.1) is 24.0 Å². The SMILES string of the molecule is CN=C(NCC1CCN(S(C)(=O)=O)CC1)N(C)Cc1ccccc1C.I. The number of nitrogens with zero attached hydrogens (tertiary/aromatic N) is 3. The van der Waals surface area contributed by atoms with Gasteiger partial charge in [0.1, 0.15) is 0 Å². The van der Waals surface area contributed by atoms with E-state index in [4.69, 9.17) is 0 Å². The quantitative estimate of drug-likeness (QED) is 0.388. The molecule has 0 aromatic heterocycles. The zero-order chi connectivity index (χ0) is 18.4. The number of hydrogen-bond acceptors (Lipinski definition) is 3. The molecule has 8 heteroatoms. The van der Waals surface area contributed by atoms with Crippen molar-refractivity contribution in [3.63, 3.8) is 0 Å². The highest BCUT2D eigenvalue weighted by Gasteiger charge is 2.25. The van der Waals surface area contributed by atoms with Gasteiger partial charge in [0.05, 0.1) is 6.26 Å². The van der Waals surface area contributed by atoms with Crippen LogP contribution in [0.25, 0.3) is 0 Å². The number of sulfonamides is 1. The standard InChI is InChI=1S/C18H30N4O2S.HI/c1-15-7-5-6-8-17(15)14-21(3)18(19-2)20-13-16-9-11-22(12-10-16)25(4,23)24;/h5-8,16H,9-14H2,1-4H3,(H,19,20);1H. The maximum Gasteiger partial charge on any atom is 0.211 e. The number of benzene rings is 1. The van der Waals surface area contributed by atoms with Gasteiger partial charge in [-0.05, 0) is 36.8 Å². The molecule has 0 amide bonds. The molecule has 1 saturated heterocycles.